The Hall–Kier alpha value is -0.700. The molecule has 1 aromatic rings. The fourth-order valence-electron chi connectivity index (χ4n) is 0.479. The maximum atomic E-state index is 10.0. The lowest BCUT2D eigenvalue weighted by Gasteiger charge is -1.86. The lowest BCUT2D eigenvalue weighted by molar-refractivity contribution is 0.111. The largest absolute Gasteiger partial charge is 0.296 e. The maximum absolute atomic E-state index is 10.0. The third-order valence-electron chi connectivity index (χ3n) is 0.880. The molecule has 0 atom stereocenters. The van der Waals surface area contributed by atoms with Crippen molar-refractivity contribution in [3.63, 3.8) is 0 Å². The third-order valence-corrected chi connectivity index (χ3v) is 1.24. The Kier molecular flexibility index (Phi) is 1.39. The van der Waals surface area contributed by atoms with Gasteiger partial charge in [-0.25, -0.2) is 0 Å². The third kappa shape index (κ3) is 0.767. The van der Waals surface area contributed by atoms with E-state index in [1.54, 1.807) is 18.3 Å². The molecule has 0 unspecified atom stereocenters. The first-order chi connectivity index (χ1) is 3.84. The second kappa shape index (κ2) is 2.05. The van der Waals surface area contributed by atoms with E-state index in [0.29, 0.717) is 5.69 Å². The number of hydrogen-bond donors (Lipinski definition) is 1. The molecule has 1 aromatic heterocycles. The van der Waals surface area contributed by atoms with Crippen LogP contribution in [0.5, 0.6) is 0 Å². The molecule has 0 N–H and O–H groups in total. The molecule has 0 aliphatic rings. The first kappa shape index (κ1) is 5.44. The van der Waals surface area contributed by atoms with Crippen LogP contribution in [-0.2, 0) is 0 Å². The van der Waals surface area contributed by atoms with Crippen molar-refractivity contribution in [3.05, 3.63) is 24.0 Å². The lowest BCUT2D eigenvalue weighted by atomic mass is 10.5. The number of carbonyl (C=O) groups excluding carboxylic acids is 1. The van der Waals surface area contributed by atoms with Gasteiger partial charge in [0.05, 0.1) is 5.69 Å². The van der Waals surface area contributed by atoms with Crippen molar-refractivity contribution < 1.29 is 4.79 Å². The van der Waals surface area contributed by atoms with Crippen molar-refractivity contribution in [1.29, 1.82) is 0 Å². The van der Waals surface area contributed by atoms with E-state index in [4.69, 9.17) is 0 Å². The van der Waals surface area contributed by atoms with Crippen molar-refractivity contribution in [3.8, 4) is 0 Å². The average Bonchev–Trinajstić information content (AvgIpc) is 2.14. The Bertz CT molecular complexity index is 194. The molecule has 0 saturated carbocycles. The molecular weight excluding hydrogens is 122 g/mol. The zero-order valence-electron chi connectivity index (χ0n) is 4.11. The maximum Gasteiger partial charge on any atom is 0.167 e. The van der Waals surface area contributed by atoms with Gasteiger partial charge in [-0.1, -0.05) is 12.8 Å². The minimum atomic E-state index is 0.577. The van der Waals surface area contributed by atoms with E-state index in [0.717, 1.165) is 6.29 Å². The standard InChI is InChI=1S/C5H5NOS/c7-4-5-2-1-3-6(5)8/h1-4,8H. The van der Waals surface area contributed by atoms with Gasteiger partial charge in [-0.05, 0) is 12.1 Å². The Morgan fingerprint density at radius 3 is 2.75 bits per heavy atom. The lowest BCUT2D eigenvalue weighted by Crippen LogP contribution is -1.83. The fraction of sp³-hybridized carbons (Fsp3) is 0. The van der Waals surface area contributed by atoms with Crippen LogP contribution in [0, 0.1) is 0 Å². The highest BCUT2D eigenvalue weighted by atomic mass is 32.1. The number of aromatic nitrogens is 1. The van der Waals surface area contributed by atoms with Crippen LogP contribution in [0.2, 0.25) is 0 Å². The summed E-state index contributed by atoms with van der Waals surface area (Å²) < 4.78 is 1.47. The Morgan fingerprint density at radius 1 is 1.75 bits per heavy atom. The van der Waals surface area contributed by atoms with E-state index in [2.05, 4.69) is 12.8 Å². The highest BCUT2D eigenvalue weighted by Gasteiger charge is 1.90. The van der Waals surface area contributed by atoms with Gasteiger partial charge in [0.1, 0.15) is 0 Å². The number of carbonyl (C=O) groups is 1. The van der Waals surface area contributed by atoms with Gasteiger partial charge in [-0.3, -0.25) is 8.77 Å². The van der Waals surface area contributed by atoms with Crippen LogP contribution in [0.3, 0.4) is 0 Å². The van der Waals surface area contributed by atoms with Gasteiger partial charge in [0, 0.05) is 6.20 Å². The van der Waals surface area contributed by atoms with Gasteiger partial charge in [0.25, 0.3) is 0 Å². The van der Waals surface area contributed by atoms with Crippen molar-refractivity contribution >= 4 is 19.1 Å². The average molecular weight is 127 g/mol. The number of nitrogens with zero attached hydrogens (tertiary/aromatic N) is 1. The summed E-state index contributed by atoms with van der Waals surface area (Å²) in [5, 5.41) is 0. The molecule has 0 aliphatic carbocycles. The van der Waals surface area contributed by atoms with Crippen LogP contribution in [0.25, 0.3) is 0 Å². The SMILES string of the molecule is O=Cc1cccn1S. The summed E-state index contributed by atoms with van der Waals surface area (Å²) >= 11 is 3.91. The summed E-state index contributed by atoms with van der Waals surface area (Å²) in [7, 11) is 0. The van der Waals surface area contributed by atoms with Crippen LogP contribution in [0.15, 0.2) is 18.3 Å². The molecule has 3 heteroatoms. The van der Waals surface area contributed by atoms with E-state index >= 15 is 0 Å². The minimum Gasteiger partial charge on any atom is -0.296 e. The first-order valence-corrected chi connectivity index (χ1v) is 2.56. The number of hydrogen-bond acceptors (Lipinski definition) is 2. The van der Waals surface area contributed by atoms with Gasteiger partial charge < -0.3 is 0 Å². The van der Waals surface area contributed by atoms with Crippen molar-refractivity contribution in [1.82, 2.24) is 3.97 Å². The summed E-state index contributed by atoms with van der Waals surface area (Å²) in [6.07, 6.45) is 2.46. The molecule has 8 heavy (non-hydrogen) atoms. The van der Waals surface area contributed by atoms with E-state index in [1.165, 1.54) is 3.97 Å². The summed E-state index contributed by atoms with van der Waals surface area (Å²) in [4.78, 5) is 10.0. The molecule has 0 spiro atoms. The van der Waals surface area contributed by atoms with Crippen LogP contribution in [-0.4, -0.2) is 10.3 Å². The molecule has 42 valence electrons. The predicted octanol–water partition coefficient (Wildman–Crippen LogP) is 0.993. The monoisotopic (exact) mass is 127 g/mol. The fourth-order valence-corrected chi connectivity index (χ4v) is 0.670. The molecule has 0 aliphatic heterocycles. The second-order valence-electron chi connectivity index (χ2n) is 1.40. The van der Waals surface area contributed by atoms with Gasteiger partial charge in [-0.2, -0.15) is 0 Å². The molecule has 0 fully saturated rings. The molecule has 2 nitrogen and oxygen atoms in total. The van der Waals surface area contributed by atoms with Gasteiger partial charge >= 0.3 is 0 Å². The van der Waals surface area contributed by atoms with E-state index in [-0.39, 0.29) is 0 Å². The smallest absolute Gasteiger partial charge is 0.167 e. The summed E-state index contributed by atoms with van der Waals surface area (Å²) in [5.74, 6) is 0. The molecule has 0 amide bonds. The van der Waals surface area contributed by atoms with Gasteiger partial charge in [0.2, 0.25) is 0 Å². The Balaban J connectivity index is 3.09. The first-order valence-electron chi connectivity index (χ1n) is 2.16. The Labute approximate surface area is 52.7 Å². The van der Waals surface area contributed by atoms with Crippen LogP contribution in [0.1, 0.15) is 10.5 Å². The van der Waals surface area contributed by atoms with Crippen molar-refractivity contribution in [2.45, 2.75) is 0 Å². The molecule has 1 rings (SSSR count). The number of aldehydes is 1. The second-order valence-corrected chi connectivity index (χ2v) is 1.83. The summed E-state index contributed by atoms with van der Waals surface area (Å²) in [6.45, 7) is 0. The quantitative estimate of drug-likeness (QED) is 0.441. The van der Waals surface area contributed by atoms with Crippen molar-refractivity contribution in [2.24, 2.45) is 0 Å². The normalized spacial score (nSPS) is 9.12. The van der Waals surface area contributed by atoms with Crippen LogP contribution >= 0.6 is 12.8 Å². The zero-order valence-corrected chi connectivity index (χ0v) is 5.01. The van der Waals surface area contributed by atoms with E-state index in [9.17, 15) is 4.79 Å². The molecule has 0 radical (unpaired) electrons. The highest BCUT2D eigenvalue weighted by Crippen LogP contribution is 1.98. The van der Waals surface area contributed by atoms with Crippen LogP contribution in [0.4, 0.5) is 0 Å². The zero-order chi connectivity index (χ0) is 5.98. The topological polar surface area (TPSA) is 22.0 Å². The molecule has 0 saturated heterocycles. The van der Waals surface area contributed by atoms with Crippen molar-refractivity contribution in [2.75, 3.05) is 0 Å². The minimum absolute atomic E-state index is 0.577. The van der Waals surface area contributed by atoms with Gasteiger partial charge in [-0.15, -0.1) is 0 Å². The molecule has 0 bridgehead atoms. The highest BCUT2D eigenvalue weighted by molar-refractivity contribution is 7.78. The van der Waals surface area contributed by atoms with Crippen LogP contribution < -0.4 is 0 Å². The summed E-state index contributed by atoms with van der Waals surface area (Å²) in [5.41, 5.74) is 0.577. The van der Waals surface area contributed by atoms with Gasteiger partial charge in [0.15, 0.2) is 6.29 Å². The van der Waals surface area contributed by atoms with E-state index < -0.39 is 0 Å². The Morgan fingerprint density at radius 2 is 2.50 bits per heavy atom. The molecular formula is C5H5NOS. The van der Waals surface area contributed by atoms with E-state index in [1.807, 2.05) is 0 Å². The predicted molar refractivity (Wildman–Crippen MR) is 34.2 cm³/mol. The molecule has 1 heterocycles. The number of thiol groups is 1. The molecule has 0 aromatic carbocycles. The summed E-state index contributed by atoms with van der Waals surface area (Å²) in [6, 6.07) is 3.46. The number of rotatable bonds is 1.